The summed E-state index contributed by atoms with van der Waals surface area (Å²) in [6, 6.07) is 23.4. The zero-order valence-corrected chi connectivity index (χ0v) is 15.5. The molecule has 0 saturated carbocycles. The van der Waals surface area contributed by atoms with Crippen LogP contribution in [0.15, 0.2) is 85.2 Å². The number of carbonyl (C=O) groups is 1. The molecule has 1 atom stereocenters. The molecule has 0 aliphatic heterocycles. The number of fused-ring (bicyclic) bond motifs is 1. The van der Waals surface area contributed by atoms with Gasteiger partial charge in [-0.1, -0.05) is 48.5 Å². The van der Waals surface area contributed by atoms with E-state index in [1.54, 1.807) is 18.5 Å². The van der Waals surface area contributed by atoms with Gasteiger partial charge < -0.3 is 10.6 Å². The van der Waals surface area contributed by atoms with E-state index < -0.39 is 0 Å². The molecular weight excluding hydrogens is 348 g/mol. The standard InChI is InChI=1S/C23H20N4O/c1-16(17-7-3-2-4-8-17)26-19-12-14-24-21(15-19)23(28)27-20-11-5-9-18-10-6-13-25-22(18)20/h2-16H,1H3,(H,24,26)(H,27,28). The monoisotopic (exact) mass is 368 g/mol. The Morgan fingerprint density at radius 2 is 1.71 bits per heavy atom. The summed E-state index contributed by atoms with van der Waals surface area (Å²) < 4.78 is 0. The Bertz CT molecular complexity index is 1110. The summed E-state index contributed by atoms with van der Waals surface area (Å²) in [7, 11) is 0. The molecule has 4 rings (SSSR count). The molecule has 0 spiro atoms. The van der Waals surface area contributed by atoms with Gasteiger partial charge in [-0.3, -0.25) is 14.8 Å². The number of pyridine rings is 2. The number of carbonyl (C=O) groups excluding carboxylic acids is 1. The van der Waals surface area contributed by atoms with Crippen LogP contribution in [-0.4, -0.2) is 15.9 Å². The SMILES string of the molecule is CC(Nc1ccnc(C(=O)Nc2cccc3cccnc23)c1)c1ccccc1. The Morgan fingerprint density at radius 1 is 0.893 bits per heavy atom. The normalized spacial score (nSPS) is 11.8. The molecule has 2 N–H and O–H groups in total. The van der Waals surface area contributed by atoms with Crippen molar-refractivity contribution in [1.29, 1.82) is 0 Å². The minimum absolute atomic E-state index is 0.113. The largest absolute Gasteiger partial charge is 0.378 e. The van der Waals surface area contributed by atoms with Crippen LogP contribution in [0.1, 0.15) is 29.0 Å². The Labute approximate surface area is 163 Å². The summed E-state index contributed by atoms with van der Waals surface area (Å²) in [5, 5.41) is 7.31. The van der Waals surface area contributed by atoms with Gasteiger partial charge in [-0.15, -0.1) is 0 Å². The van der Waals surface area contributed by atoms with Crippen molar-refractivity contribution in [2.24, 2.45) is 0 Å². The van der Waals surface area contributed by atoms with E-state index in [4.69, 9.17) is 0 Å². The molecular formula is C23H20N4O. The molecule has 28 heavy (non-hydrogen) atoms. The number of anilines is 2. The number of amides is 1. The van der Waals surface area contributed by atoms with Gasteiger partial charge in [0.2, 0.25) is 0 Å². The maximum atomic E-state index is 12.7. The second kappa shape index (κ2) is 7.88. The van der Waals surface area contributed by atoms with Gasteiger partial charge >= 0.3 is 0 Å². The number of hydrogen-bond acceptors (Lipinski definition) is 4. The summed E-state index contributed by atoms with van der Waals surface area (Å²) in [5.74, 6) is -0.269. The van der Waals surface area contributed by atoms with E-state index in [0.717, 1.165) is 16.6 Å². The summed E-state index contributed by atoms with van der Waals surface area (Å²) >= 11 is 0. The van der Waals surface area contributed by atoms with Crippen LogP contribution in [0.2, 0.25) is 0 Å². The maximum absolute atomic E-state index is 12.7. The van der Waals surface area contributed by atoms with E-state index in [0.29, 0.717) is 11.4 Å². The van der Waals surface area contributed by atoms with E-state index in [9.17, 15) is 4.79 Å². The molecule has 0 fully saturated rings. The number of nitrogens with zero attached hydrogens (tertiary/aromatic N) is 2. The molecule has 5 nitrogen and oxygen atoms in total. The zero-order chi connectivity index (χ0) is 19.3. The number of rotatable bonds is 5. The van der Waals surface area contributed by atoms with Crippen LogP contribution >= 0.6 is 0 Å². The molecule has 0 aliphatic carbocycles. The smallest absolute Gasteiger partial charge is 0.274 e. The number of nitrogens with one attached hydrogen (secondary N) is 2. The first-order valence-corrected chi connectivity index (χ1v) is 9.13. The minimum atomic E-state index is -0.269. The van der Waals surface area contributed by atoms with Crippen molar-refractivity contribution in [1.82, 2.24) is 9.97 Å². The molecule has 0 aliphatic rings. The lowest BCUT2D eigenvalue weighted by atomic mass is 10.1. The third-order valence-corrected chi connectivity index (χ3v) is 4.56. The predicted octanol–water partition coefficient (Wildman–Crippen LogP) is 5.06. The Balaban J connectivity index is 1.53. The summed E-state index contributed by atoms with van der Waals surface area (Å²) in [6.07, 6.45) is 3.35. The van der Waals surface area contributed by atoms with E-state index in [1.807, 2.05) is 54.6 Å². The van der Waals surface area contributed by atoms with Gasteiger partial charge in [-0.2, -0.15) is 0 Å². The van der Waals surface area contributed by atoms with Crippen molar-refractivity contribution in [2.45, 2.75) is 13.0 Å². The second-order valence-electron chi connectivity index (χ2n) is 6.54. The van der Waals surface area contributed by atoms with E-state index in [1.165, 1.54) is 5.56 Å². The molecule has 2 aromatic heterocycles. The highest BCUT2D eigenvalue weighted by molar-refractivity contribution is 6.07. The molecule has 5 heteroatoms. The maximum Gasteiger partial charge on any atom is 0.274 e. The molecule has 2 aromatic carbocycles. The van der Waals surface area contributed by atoms with Crippen LogP contribution < -0.4 is 10.6 Å². The van der Waals surface area contributed by atoms with Crippen LogP contribution in [0.25, 0.3) is 10.9 Å². The third-order valence-electron chi connectivity index (χ3n) is 4.56. The summed E-state index contributed by atoms with van der Waals surface area (Å²) in [5.41, 5.74) is 3.78. The van der Waals surface area contributed by atoms with Crippen LogP contribution in [-0.2, 0) is 0 Å². The van der Waals surface area contributed by atoms with Gasteiger partial charge in [-0.05, 0) is 36.8 Å². The fraction of sp³-hybridized carbons (Fsp3) is 0.0870. The van der Waals surface area contributed by atoms with Crippen molar-refractivity contribution < 1.29 is 4.79 Å². The molecule has 1 amide bonds. The van der Waals surface area contributed by atoms with E-state index in [-0.39, 0.29) is 11.9 Å². The van der Waals surface area contributed by atoms with Crippen molar-refractivity contribution in [3.8, 4) is 0 Å². The topological polar surface area (TPSA) is 66.9 Å². The number of benzene rings is 2. The Kier molecular flexibility index (Phi) is 4.97. The van der Waals surface area contributed by atoms with Crippen LogP contribution in [0.4, 0.5) is 11.4 Å². The van der Waals surface area contributed by atoms with Crippen molar-refractivity contribution in [2.75, 3.05) is 10.6 Å². The molecule has 4 aromatic rings. The highest BCUT2D eigenvalue weighted by atomic mass is 16.1. The van der Waals surface area contributed by atoms with E-state index in [2.05, 4.69) is 39.7 Å². The van der Waals surface area contributed by atoms with Gasteiger partial charge in [0.05, 0.1) is 11.2 Å². The lowest BCUT2D eigenvalue weighted by Gasteiger charge is -2.16. The minimum Gasteiger partial charge on any atom is -0.378 e. The third kappa shape index (κ3) is 3.83. The Morgan fingerprint density at radius 3 is 2.57 bits per heavy atom. The molecule has 0 bridgehead atoms. The molecule has 138 valence electrons. The van der Waals surface area contributed by atoms with Gasteiger partial charge in [0.25, 0.3) is 5.91 Å². The summed E-state index contributed by atoms with van der Waals surface area (Å²) in [4.78, 5) is 21.3. The van der Waals surface area contributed by atoms with Crippen LogP contribution in [0.5, 0.6) is 0 Å². The first-order chi connectivity index (χ1) is 13.7. The van der Waals surface area contributed by atoms with E-state index >= 15 is 0 Å². The lowest BCUT2D eigenvalue weighted by molar-refractivity contribution is 0.102. The van der Waals surface area contributed by atoms with Crippen molar-refractivity contribution in [3.05, 3.63) is 96.4 Å². The summed E-state index contributed by atoms with van der Waals surface area (Å²) in [6.45, 7) is 2.08. The van der Waals surface area contributed by atoms with Gasteiger partial charge in [0.1, 0.15) is 5.69 Å². The zero-order valence-electron chi connectivity index (χ0n) is 15.5. The quantitative estimate of drug-likeness (QED) is 0.517. The second-order valence-corrected chi connectivity index (χ2v) is 6.54. The lowest BCUT2D eigenvalue weighted by Crippen LogP contribution is -2.15. The van der Waals surface area contributed by atoms with Gasteiger partial charge in [-0.25, -0.2) is 0 Å². The highest BCUT2D eigenvalue weighted by Crippen LogP contribution is 2.22. The molecule has 1 unspecified atom stereocenters. The molecule has 0 radical (unpaired) electrons. The first kappa shape index (κ1) is 17.7. The fourth-order valence-corrected chi connectivity index (χ4v) is 3.11. The number of hydrogen-bond donors (Lipinski definition) is 2. The fourth-order valence-electron chi connectivity index (χ4n) is 3.11. The average Bonchev–Trinajstić information content (AvgIpc) is 2.75. The van der Waals surface area contributed by atoms with Crippen LogP contribution in [0, 0.1) is 0 Å². The number of aromatic nitrogens is 2. The van der Waals surface area contributed by atoms with Crippen molar-refractivity contribution >= 4 is 28.2 Å². The Hall–Kier alpha value is -3.73. The molecule has 0 saturated heterocycles. The van der Waals surface area contributed by atoms with Gasteiger partial charge in [0, 0.05) is 29.5 Å². The number of para-hydroxylation sites is 1. The van der Waals surface area contributed by atoms with Crippen LogP contribution in [0.3, 0.4) is 0 Å². The van der Waals surface area contributed by atoms with Crippen molar-refractivity contribution in [3.63, 3.8) is 0 Å². The first-order valence-electron chi connectivity index (χ1n) is 9.13. The average molecular weight is 368 g/mol. The predicted molar refractivity (Wildman–Crippen MR) is 112 cm³/mol. The van der Waals surface area contributed by atoms with Gasteiger partial charge in [0.15, 0.2) is 0 Å². The highest BCUT2D eigenvalue weighted by Gasteiger charge is 2.12. The molecule has 2 heterocycles.